The molecule has 3 N–H and O–H groups in total. The van der Waals surface area contributed by atoms with E-state index in [4.69, 9.17) is 5.73 Å². The van der Waals surface area contributed by atoms with Gasteiger partial charge < -0.3 is 15.6 Å². The van der Waals surface area contributed by atoms with Crippen molar-refractivity contribution in [2.75, 3.05) is 5.73 Å². The van der Waals surface area contributed by atoms with Gasteiger partial charge in [0.1, 0.15) is 16.0 Å². The van der Waals surface area contributed by atoms with Crippen LogP contribution in [0.25, 0.3) is 10.2 Å². The molecule has 0 aliphatic rings. The molecule has 3 aromatic rings. The summed E-state index contributed by atoms with van der Waals surface area (Å²) >= 11 is 1.30. The zero-order valence-electron chi connectivity index (χ0n) is 11.6. The van der Waals surface area contributed by atoms with Crippen molar-refractivity contribution in [1.29, 1.82) is 0 Å². The van der Waals surface area contributed by atoms with Gasteiger partial charge in [-0.3, -0.25) is 4.79 Å². The normalized spacial score (nSPS) is 11.0. The Kier molecular flexibility index (Phi) is 3.30. The number of amides is 1. The monoisotopic (exact) mass is 302 g/mol. The SMILES string of the molecule is Cc1ccnc2sc(C(=O)NCc3nncn3C)c(N)c12. The van der Waals surface area contributed by atoms with Crippen molar-refractivity contribution in [3.05, 3.63) is 34.9 Å². The van der Waals surface area contributed by atoms with E-state index in [1.54, 1.807) is 17.1 Å². The summed E-state index contributed by atoms with van der Waals surface area (Å²) in [6.07, 6.45) is 3.30. The standard InChI is InChI=1S/C13H14N6OS/c1-7-3-4-15-13-9(7)10(14)11(21-13)12(20)16-5-8-18-17-6-19(8)2/h3-4,6H,5,14H2,1-2H3,(H,16,20). The van der Waals surface area contributed by atoms with Crippen molar-refractivity contribution < 1.29 is 4.79 Å². The van der Waals surface area contributed by atoms with Crippen molar-refractivity contribution in [3.63, 3.8) is 0 Å². The quantitative estimate of drug-likeness (QED) is 0.758. The maximum Gasteiger partial charge on any atom is 0.263 e. The lowest BCUT2D eigenvalue weighted by Crippen LogP contribution is -2.24. The Balaban J connectivity index is 1.87. The first-order valence-electron chi connectivity index (χ1n) is 6.32. The number of pyridine rings is 1. The van der Waals surface area contributed by atoms with Crippen LogP contribution in [0.3, 0.4) is 0 Å². The number of carbonyl (C=O) groups is 1. The molecular formula is C13H14N6OS. The van der Waals surface area contributed by atoms with E-state index in [1.807, 2.05) is 20.0 Å². The first kappa shape index (κ1) is 13.5. The molecular weight excluding hydrogens is 288 g/mol. The van der Waals surface area contributed by atoms with Gasteiger partial charge in [-0.15, -0.1) is 21.5 Å². The minimum absolute atomic E-state index is 0.224. The van der Waals surface area contributed by atoms with E-state index < -0.39 is 0 Å². The second-order valence-corrected chi connectivity index (χ2v) is 5.69. The van der Waals surface area contributed by atoms with Crippen LogP contribution >= 0.6 is 11.3 Å². The maximum atomic E-state index is 12.3. The van der Waals surface area contributed by atoms with Crippen molar-refractivity contribution in [1.82, 2.24) is 25.1 Å². The predicted octanol–water partition coefficient (Wildman–Crippen LogP) is 1.25. The molecule has 1 amide bonds. The maximum absolute atomic E-state index is 12.3. The molecule has 0 spiro atoms. The van der Waals surface area contributed by atoms with Gasteiger partial charge in [0.2, 0.25) is 0 Å². The average molecular weight is 302 g/mol. The van der Waals surface area contributed by atoms with Crippen LogP contribution in [0, 0.1) is 6.92 Å². The Morgan fingerprint density at radius 2 is 2.33 bits per heavy atom. The zero-order valence-corrected chi connectivity index (χ0v) is 12.4. The van der Waals surface area contributed by atoms with Crippen molar-refractivity contribution in [3.8, 4) is 0 Å². The number of nitrogens with zero attached hydrogens (tertiary/aromatic N) is 4. The summed E-state index contributed by atoms with van der Waals surface area (Å²) in [6, 6.07) is 1.88. The molecule has 0 bridgehead atoms. The number of nitrogens with one attached hydrogen (secondary N) is 1. The number of aromatic nitrogens is 4. The number of hydrogen-bond donors (Lipinski definition) is 2. The Labute approximate surface area is 124 Å². The van der Waals surface area contributed by atoms with Gasteiger partial charge in [-0.05, 0) is 18.6 Å². The van der Waals surface area contributed by atoms with Crippen molar-refractivity contribution in [2.45, 2.75) is 13.5 Å². The first-order chi connectivity index (χ1) is 10.1. The van der Waals surface area contributed by atoms with E-state index >= 15 is 0 Å². The van der Waals surface area contributed by atoms with E-state index in [0.717, 1.165) is 15.8 Å². The molecule has 7 nitrogen and oxygen atoms in total. The van der Waals surface area contributed by atoms with Gasteiger partial charge in [-0.2, -0.15) is 0 Å². The molecule has 3 aromatic heterocycles. The third kappa shape index (κ3) is 2.33. The molecule has 0 radical (unpaired) electrons. The average Bonchev–Trinajstić information content (AvgIpc) is 3.01. The number of fused-ring (bicyclic) bond motifs is 1. The second-order valence-electron chi connectivity index (χ2n) is 4.69. The van der Waals surface area contributed by atoms with Gasteiger partial charge in [0.15, 0.2) is 5.82 Å². The summed E-state index contributed by atoms with van der Waals surface area (Å²) in [7, 11) is 1.82. The minimum atomic E-state index is -0.224. The Bertz CT molecular complexity index is 821. The lowest BCUT2D eigenvalue weighted by atomic mass is 10.2. The molecule has 8 heteroatoms. The number of rotatable bonds is 3. The number of aryl methyl sites for hydroxylation is 2. The number of nitrogens with two attached hydrogens (primary N) is 1. The molecule has 0 aliphatic heterocycles. The van der Waals surface area contributed by atoms with Gasteiger partial charge >= 0.3 is 0 Å². The van der Waals surface area contributed by atoms with E-state index in [2.05, 4.69) is 20.5 Å². The van der Waals surface area contributed by atoms with Crippen LogP contribution in [0.4, 0.5) is 5.69 Å². The van der Waals surface area contributed by atoms with Crippen LogP contribution in [-0.2, 0) is 13.6 Å². The van der Waals surface area contributed by atoms with Crippen LogP contribution in [-0.4, -0.2) is 25.7 Å². The fraction of sp³-hybridized carbons (Fsp3) is 0.231. The van der Waals surface area contributed by atoms with E-state index in [1.165, 1.54) is 11.3 Å². The molecule has 0 aliphatic carbocycles. The Hall–Kier alpha value is -2.48. The van der Waals surface area contributed by atoms with Gasteiger partial charge in [0, 0.05) is 18.6 Å². The molecule has 21 heavy (non-hydrogen) atoms. The van der Waals surface area contributed by atoms with Crippen LogP contribution in [0.2, 0.25) is 0 Å². The summed E-state index contributed by atoms with van der Waals surface area (Å²) in [5, 5.41) is 11.3. The van der Waals surface area contributed by atoms with E-state index in [0.29, 0.717) is 22.9 Å². The number of thiophene rings is 1. The highest BCUT2D eigenvalue weighted by Gasteiger charge is 2.18. The van der Waals surface area contributed by atoms with Crippen molar-refractivity contribution >= 4 is 33.1 Å². The molecule has 0 fully saturated rings. The minimum Gasteiger partial charge on any atom is -0.397 e. The van der Waals surface area contributed by atoms with E-state index in [9.17, 15) is 4.79 Å². The molecule has 0 saturated heterocycles. The summed E-state index contributed by atoms with van der Waals surface area (Å²) in [5.41, 5.74) is 7.59. The fourth-order valence-corrected chi connectivity index (χ4v) is 3.14. The second kappa shape index (κ2) is 5.13. The topological polar surface area (TPSA) is 98.7 Å². The van der Waals surface area contributed by atoms with Crippen molar-refractivity contribution in [2.24, 2.45) is 7.05 Å². The predicted molar refractivity (Wildman–Crippen MR) is 80.9 cm³/mol. The summed E-state index contributed by atoms with van der Waals surface area (Å²) in [5.74, 6) is 0.454. The first-order valence-corrected chi connectivity index (χ1v) is 7.14. The van der Waals surface area contributed by atoms with Crippen LogP contribution in [0.15, 0.2) is 18.6 Å². The van der Waals surface area contributed by atoms with Gasteiger partial charge in [0.25, 0.3) is 5.91 Å². The van der Waals surface area contributed by atoms with Crippen LogP contribution in [0.1, 0.15) is 21.1 Å². The number of nitrogen functional groups attached to an aromatic ring is 1. The number of carbonyl (C=O) groups excluding carboxylic acids is 1. The molecule has 108 valence electrons. The fourth-order valence-electron chi connectivity index (χ4n) is 2.08. The Morgan fingerprint density at radius 3 is 3.00 bits per heavy atom. The molecule has 0 saturated carbocycles. The van der Waals surface area contributed by atoms with E-state index in [-0.39, 0.29) is 5.91 Å². The zero-order chi connectivity index (χ0) is 15.0. The highest BCUT2D eigenvalue weighted by Crippen LogP contribution is 2.34. The molecule has 0 aromatic carbocycles. The van der Waals surface area contributed by atoms with Gasteiger partial charge in [0.05, 0.1) is 12.2 Å². The smallest absolute Gasteiger partial charge is 0.263 e. The number of anilines is 1. The lowest BCUT2D eigenvalue weighted by molar-refractivity contribution is 0.0954. The molecule has 3 heterocycles. The lowest BCUT2D eigenvalue weighted by Gasteiger charge is -2.03. The molecule has 0 atom stereocenters. The van der Waals surface area contributed by atoms with Crippen LogP contribution < -0.4 is 11.1 Å². The van der Waals surface area contributed by atoms with Crippen LogP contribution in [0.5, 0.6) is 0 Å². The number of hydrogen-bond acceptors (Lipinski definition) is 6. The Morgan fingerprint density at radius 1 is 1.52 bits per heavy atom. The largest absolute Gasteiger partial charge is 0.397 e. The van der Waals surface area contributed by atoms with Gasteiger partial charge in [-0.25, -0.2) is 4.98 Å². The third-order valence-corrected chi connectivity index (χ3v) is 4.37. The summed E-state index contributed by atoms with van der Waals surface area (Å²) in [6.45, 7) is 2.25. The highest BCUT2D eigenvalue weighted by molar-refractivity contribution is 7.21. The summed E-state index contributed by atoms with van der Waals surface area (Å²) < 4.78 is 1.75. The third-order valence-electron chi connectivity index (χ3n) is 3.26. The highest BCUT2D eigenvalue weighted by atomic mass is 32.1. The molecule has 0 unspecified atom stereocenters. The van der Waals surface area contributed by atoms with Gasteiger partial charge in [-0.1, -0.05) is 0 Å². The summed E-state index contributed by atoms with van der Waals surface area (Å²) in [4.78, 5) is 17.8. The molecule has 3 rings (SSSR count).